The van der Waals surface area contributed by atoms with Gasteiger partial charge in [-0.3, -0.25) is 4.79 Å². The highest BCUT2D eigenvalue weighted by atomic mass is 19.4. The van der Waals surface area contributed by atoms with Gasteiger partial charge in [-0.1, -0.05) is 30.9 Å². The van der Waals surface area contributed by atoms with E-state index in [2.05, 4.69) is 27.2 Å². The number of halogens is 3. The van der Waals surface area contributed by atoms with Crippen LogP contribution >= 0.6 is 0 Å². The first-order chi connectivity index (χ1) is 20.7. The Bertz CT molecular complexity index is 1450. The number of hydrogen-bond donors (Lipinski definition) is 2. The van der Waals surface area contributed by atoms with Crippen molar-refractivity contribution in [3.8, 4) is 0 Å². The number of urea groups is 1. The Morgan fingerprint density at radius 1 is 1.07 bits per heavy atom. The van der Waals surface area contributed by atoms with Gasteiger partial charge in [0, 0.05) is 52.1 Å². The van der Waals surface area contributed by atoms with Crippen molar-refractivity contribution in [2.24, 2.45) is 0 Å². The normalized spacial score (nSPS) is 17.5. The van der Waals surface area contributed by atoms with Crippen molar-refractivity contribution < 1.29 is 31.9 Å². The van der Waals surface area contributed by atoms with Crippen LogP contribution in [-0.2, 0) is 10.9 Å². The molecule has 4 heterocycles. The highest BCUT2D eigenvalue weighted by Crippen LogP contribution is 2.35. The molecule has 0 bridgehead atoms. The monoisotopic (exact) mass is 599 g/mol. The molecule has 2 aliphatic rings. The largest absolute Gasteiger partial charge is 0.437 e. The smallest absolute Gasteiger partial charge is 0.417 e. The zero-order chi connectivity index (χ0) is 30.6. The quantitative estimate of drug-likeness (QED) is 0.392. The minimum Gasteiger partial charge on any atom is -0.417 e. The minimum absolute atomic E-state index is 0.170. The van der Waals surface area contributed by atoms with Crippen LogP contribution in [0.1, 0.15) is 34.7 Å². The van der Waals surface area contributed by atoms with E-state index in [-0.39, 0.29) is 23.8 Å². The molecule has 11 nitrogen and oxygen atoms in total. The van der Waals surface area contributed by atoms with Gasteiger partial charge in [0.15, 0.2) is 5.69 Å². The fourth-order valence-electron chi connectivity index (χ4n) is 5.05. The molecule has 228 valence electrons. The molecule has 43 heavy (non-hydrogen) atoms. The fourth-order valence-corrected chi connectivity index (χ4v) is 5.05. The molecular formula is C29H32F3N7O4. The second-order valence-electron chi connectivity index (χ2n) is 10.2. The zero-order valence-electron chi connectivity index (χ0n) is 23.6. The molecule has 14 heteroatoms. The first-order valence-corrected chi connectivity index (χ1v) is 13.8. The lowest BCUT2D eigenvalue weighted by atomic mass is 10.1. The molecule has 2 N–H and O–H groups in total. The average Bonchev–Trinajstić information content (AvgIpc) is 3.49. The molecule has 2 saturated heterocycles. The van der Waals surface area contributed by atoms with Crippen LogP contribution in [0.5, 0.6) is 0 Å². The number of oxazole rings is 1. The minimum atomic E-state index is -4.89. The van der Waals surface area contributed by atoms with Crippen molar-refractivity contribution >= 4 is 41.2 Å². The molecule has 2 aliphatic heterocycles. The van der Waals surface area contributed by atoms with Crippen molar-refractivity contribution in [3.63, 3.8) is 0 Å². The predicted octanol–water partition coefficient (Wildman–Crippen LogP) is 4.95. The number of piperazine rings is 1. The van der Waals surface area contributed by atoms with Gasteiger partial charge >= 0.3 is 12.2 Å². The maximum Gasteiger partial charge on any atom is 0.437 e. The van der Waals surface area contributed by atoms with Crippen LogP contribution in [0.25, 0.3) is 6.08 Å². The van der Waals surface area contributed by atoms with Crippen molar-refractivity contribution in [1.29, 1.82) is 0 Å². The summed E-state index contributed by atoms with van der Waals surface area (Å²) in [5.41, 5.74) is 0.306. The standard InChI is InChI=1S/C29H32F3N7O4/c1-3-19-7-4-5-9-22(19)35-27(41)38-15-13-37(14-16-38)23-11-10-20(17-33-23)34-26(40)24-25(29(30,31)32)36-28(43-24)39-12-6-8-21(18-39)42-2/h3-5,7,9-11,17,21H,1,6,8,12-16,18H2,2H3,(H,34,40)(H,35,41). The summed E-state index contributed by atoms with van der Waals surface area (Å²) in [6, 6.07) is 10.1. The third kappa shape index (κ3) is 6.91. The van der Waals surface area contributed by atoms with Crippen molar-refractivity contribution in [3.05, 3.63) is 66.2 Å². The SMILES string of the molecule is C=Cc1ccccc1NC(=O)N1CCN(c2ccc(NC(=O)c3oc(N4CCCC(OC)C4)nc3C(F)(F)F)cn2)CC1. The van der Waals surface area contributed by atoms with Crippen molar-refractivity contribution in [1.82, 2.24) is 14.9 Å². The molecule has 2 fully saturated rings. The number of amides is 3. The van der Waals surface area contributed by atoms with E-state index in [9.17, 15) is 22.8 Å². The Hall–Kier alpha value is -4.59. The summed E-state index contributed by atoms with van der Waals surface area (Å²) in [6.45, 7) is 6.47. The second-order valence-corrected chi connectivity index (χ2v) is 10.2. The van der Waals surface area contributed by atoms with Crippen molar-refractivity contribution in [2.45, 2.75) is 25.1 Å². The Kier molecular flexibility index (Phi) is 8.85. The van der Waals surface area contributed by atoms with Gasteiger partial charge in [-0.05, 0) is 36.6 Å². The molecule has 2 aromatic heterocycles. The lowest BCUT2D eigenvalue weighted by molar-refractivity contribution is -0.141. The highest BCUT2D eigenvalue weighted by Gasteiger charge is 2.42. The summed E-state index contributed by atoms with van der Waals surface area (Å²) in [6.07, 6.45) is -0.564. The molecule has 0 saturated carbocycles. The number of nitrogens with zero attached hydrogens (tertiary/aromatic N) is 5. The summed E-state index contributed by atoms with van der Waals surface area (Å²) in [4.78, 5) is 38.9. The molecule has 5 rings (SSSR count). The molecule has 0 spiro atoms. The average molecular weight is 600 g/mol. The second kappa shape index (κ2) is 12.7. The lowest BCUT2D eigenvalue weighted by Crippen LogP contribution is -2.50. The molecule has 3 aromatic rings. The number of carbonyl (C=O) groups excluding carboxylic acids is 2. The Balaban J connectivity index is 1.19. The van der Waals surface area contributed by atoms with Crippen LogP contribution in [0.15, 0.2) is 53.6 Å². The number of hydrogen-bond acceptors (Lipinski definition) is 8. The third-order valence-corrected chi connectivity index (χ3v) is 7.39. The van der Waals surface area contributed by atoms with E-state index < -0.39 is 23.5 Å². The van der Waals surface area contributed by atoms with E-state index in [4.69, 9.17) is 9.15 Å². The van der Waals surface area contributed by atoms with Crippen LogP contribution in [0, 0.1) is 0 Å². The fraction of sp³-hybridized carbons (Fsp3) is 0.379. The molecule has 0 radical (unpaired) electrons. The van der Waals surface area contributed by atoms with Crippen molar-refractivity contribution in [2.75, 3.05) is 66.8 Å². The first-order valence-electron chi connectivity index (χ1n) is 13.8. The van der Waals surface area contributed by atoms with Crippen LogP contribution in [0.2, 0.25) is 0 Å². The number of para-hydroxylation sites is 1. The Labute approximate surface area is 246 Å². The summed E-state index contributed by atoms with van der Waals surface area (Å²) in [7, 11) is 1.54. The number of anilines is 4. The molecule has 1 atom stereocenters. The number of rotatable bonds is 7. The van der Waals surface area contributed by atoms with Gasteiger partial charge in [0.05, 0.1) is 18.0 Å². The lowest BCUT2D eigenvalue weighted by Gasteiger charge is -2.35. The number of benzene rings is 1. The van der Waals surface area contributed by atoms with Gasteiger partial charge < -0.3 is 34.5 Å². The summed E-state index contributed by atoms with van der Waals surface area (Å²) in [5, 5.41) is 5.34. The Morgan fingerprint density at radius 3 is 2.51 bits per heavy atom. The molecule has 0 aliphatic carbocycles. The van der Waals surface area contributed by atoms with E-state index in [1.807, 2.05) is 29.2 Å². The van der Waals surface area contributed by atoms with E-state index in [1.165, 1.54) is 13.3 Å². The zero-order valence-corrected chi connectivity index (χ0v) is 23.6. The van der Waals surface area contributed by atoms with Gasteiger partial charge in [-0.15, -0.1) is 0 Å². The van der Waals surface area contributed by atoms with Gasteiger partial charge in [0.25, 0.3) is 11.9 Å². The van der Waals surface area contributed by atoms with E-state index in [1.54, 1.807) is 28.0 Å². The van der Waals surface area contributed by atoms with Gasteiger partial charge in [0.1, 0.15) is 5.82 Å². The summed E-state index contributed by atoms with van der Waals surface area (Å²) < 4.78 is 52.0. The number of carbonyl (C=O) groups is 2. The number of pyridine rings is 1. The van der Waals surface area contributed by atoms with E-state index in [0.717, 1.165) is 12.0 Å². The summed E-state index contributed by atoms with van der Waals surface area (Å²) in [5.74, 6) is -1.40. The van der Waals surface area contributed by atoms with Crippen LogP contribution in [0.4, 0.5) is 41.2 Å². The Morgan fingerprint density at radius 2 is 1.84 bits per heavy atom. The van der Waals surface area contributed by atoms with Crippen LogP contribution in [-0.4, -0.2) is 79.3 Å². The van der Waals surface area contributed by atoms with Crippen LogP contribution in [0.3, 0.4) is 0 Å². The molecule has 3 amide bonds. The maximum atomic E-state index is 13.8. The molecule has 1 unspecified atom stereocenters. The van der Waals surface area contributed by atoms with E-state index >= 15 is 0 Å². The maximum absolute atomic E-state index is 13.8. The summed E-state index contributed by atoms with van der Waals surface area (Å²) >= 11 is 0. The number of methoxy groups -OCH3 is 1. The molecular weight excluding hydrogens is 567 g/mol. The number of aromatic nitrogens is 2. The number of nitrogens with one attached hydrogen (secondary N) is 2. The van der Waals surface area contributed by atoms with Gasteiger partial charge in [-0.25, -0.2) is 9.78 Å². The topological polar surface area (TPSA) is 116 Å². The molecule has 1 aromatic carbocycles. The van der Waals surface area contributed by atoms with Crippen LogP contribution < -0.4 is 20.4 Å². The predicted molar refractivity (Wildman–Crippen MR) is 155 cm³/mol. The number of piperidine rings is 1. The third-order valence-electron chi connectivity index (χ3n) is 7.39. The highest BCUT2D eigenvalue weighted by molar-refractivity contribution is 6.03. The number of alkyl halides is 3. The van der Waals surface area contributed by atoms with E-state index in [0.29, 0.717) is 57.2 Å². The number of ether oxygens (including phenoxy) is 1. The first kappa shape index (κ1) is 29.9. The van der Waals surface area contributed by atoms with Gasteiger partial charge in [-0.2, -0.15) is 18.2 Å². The van der Waals surface area contributed by atoms with Gasteiger partial charge in [0.2, 0.25) is 5.76 Å².